The van der Waals surface area contributed by atoms with Crippen molar-refractivity contribution < 1.29 is 19.1 Å². The summed E-state index contributed by atoms with van der Waals surface area (Å²) >= 11 is 0. The largest absolute Gasteiger partial charge is 0.449 e. The number of esters is 1. The van der Waals surface area contributed by atoms with Crippen molar-refractivity contribution in [1.29, 1.82) is 0 Å². The van der Waals surface area contributed by atoms with Gasteiger partial charge in [-0.2, -0.15) is 0 Å². The highest BCUT2D eigenvalue weighted by molar-refractivity contribution is 5.98. The van der Waals surface area contributed by atoms with Gasteiger partial charge in [0, 0.05) is 22.7 Å². The number of Topliss-reactive ketones (excluding diaryl/α,β-unsaturated/α-hetero) is 1. The number of fused-ring (bicyclic) bond motifs is 1. The molecule has 0 fully saturated rings. The van der Waals surface area contributed by atoms with Crippen LogP contribution in [0.15, 0.2) is 66.7 Å². The Bertz CT molecular complexity index is 1090. The molecule has 0 spiro atoms. The number of nitrogens with zero attached hydrogens (tertiary/aromatic N) is 1. The fourth-order valence-electron chi connectivity index (χ4n) is 2.63. The molecule has 6 heteroatoms. The van der Waals surface area contributed by atoms with E-state index in [0.29, 0.717) is 16.9 Å². The van der Waals surface area contributed by atoms with E-state index < -0.39 is 18.0 Å². The van der Waals surface area contributed by atoms with E-state index in [0.717, 1.165) is 10.9 Å². The number of ether oxygens (including phenoxy) is 1. The van der Waals surface area contributed by atoms with Crippen molar-refractivity contribution in [3.63, 3.8) is 0 Å². The fraction of sp³-hybridized carbons (Fsp3) is 0.130. The minimum Gasteiger partial charge on any atom is -0.449 e. The monoisotopic (exact) mass is 388 g/mol. The molecule has 6 nitrogen and oxygen atoms in total. The van der Waals surface area contributed by atoms with Gasteiger partial charge in [0.25, 0.3) is 5.91 Å². The molecule has 0 saturated carbocycles. The SMILES string of the molecule is CC(=O)c1ccc(NC(=O)[C@@H](C)OC(=O)/C=C/c2ccc3ccccc3n2)cc1. The van der Waals surface area contributed by atoms with Crippen LogP contribution in [-0.2, 0) is 14.3 Å². The maximum Gasteiger partial charge on any atom is 0.331 e. The van der Waals surface area contributed by atoms with Crippen LogP contribution in [0.3, 0.4) is 0 Å². The molecular formula is C23H20N2O4. The molecule has 3 rings (SSSR count). The second kappa shape index (κ2) is 8.93. The number of aromatic nitrogens is 1. The number of benzene rings is 2. The quantitative estimate of drug-likeness (QED) is 0.392. The van der Waals surface area contributed by atoms with Crippen LogP contribution in [0, 0.1) is 0 Å². The minimum absolute atomic E-state index is 0.0575. The van der Waals surface area contributed by atoms with Crippen molar-refractivity contribution >= 4 is 40.3 Å². The van der Waals surface area contributed by atoms with Crippen LogP contribution in [0.2, 0.25) is 0 Å². The zero-order chi connectivity index (χ0) is 20.8. The van der Waals surface area contributed by atoms with Gasteiger partial charge < -0.3 is 10.1 Å². The molecule has 1 N–H and O–H groups in total. The number of ketones is 1. The van der Waals surface area contributed by atoms with Crippen LogP contribution < -0.4 is 5.32 Å². The molecule has 146 valence electrons. The van der Waals surface area contributed by atoms with Crippen LogP contribution in [0.1, 0.15) is 29.9 Å². The number of nitrogens with one attached hydrogen (secondary N) is 1. The van der Waals surface area contributed by atoms with Gasteiger partial charge in [-0.1, -0.05) is 24.3 Å². The summed E-state index contributed by atoms with van der Waals surface area (Å²) in [5, 5.41) is 3.65. The zero-order valence-electron chi connectivity index (χ0n) is 16.1. The minimum atomic E-state index is -0.982. The van der Waals surface area contributed by atoms with Gasteiger partial charge in [-0.15, -0.1) is 0 Å². The van der Waals surface area contributed by atoms with Crippen LogP contribution in [-0.4, -0.2) is 28.7 Å². The zero-order valence-corrected chi connectivity index (χ0v) is 16.1. The Morgan fingerprint density at radius 3 is 2.45 bits per heavy atom. The fourth-order valence-corrected chi connectivity index (χ4v) is 2.63. The summed E-state index contributed by atoms with van der Waals surface area (Å²) in [4.78, 5) is 39.9. The standard InChI is InChI=1S/C23H20N2O4/c1-15(26)17-7-10-20(11-8-17)25-23(28)16(2)29-22(27)14-13-19-12-9-18-5-3-4-6-21(18)24-19/h3-14,16H,1-2H3,(H,25,28)/b14-13+/t16-/m1/s1. The number of anilines is 1. The smallest absolute Gasteiger partial charge is 0.331 e. The van der Waals surface area contributed by atoms with Gasteiger partial charge in [0.05, 0.1) is 11.2 Å². The number of rotatable bonds is 6. The summed E-state index contributed by atoms with van der Waals surface area (Å²) in [7, 11) is 0. The summed E-state index contributed by atoms with van der Waals surface area (Å²) in [5.41, 5.74) is 2.50. The molecule has 0 aliphatic carbocycles. The van der Waals surface area contributed by atoms with E-state index >= 15 is 0 Å². The molecule has 3 aromatic rings. The van der Waals surface area contributed by atoms with Crippen molar-refractivity contribution in [1.82, 2.24) is 4.98 Å². The first kappa shape index (κ1) is 19.9. The summed E-state index contributed by atoms with van der Waals surface area (Å²) in [6.07, 6.45) is 1.80. The molecule has 1 aromatic heterocycles. The van der Waals surface area contributed by atoms with E-state index in [9.17, 15) is 14.4 Å². The lowest BCUT2D eigenvalue weighted by atomic mass is 10.1. The third-order valence-corrected chi connectivity index (χ3v) is 4.23. The van der Waals surface area contributed by atoms with Gasteiger partial charge in [0.1, 0.15) is 0 Å². The van der Waals surface area contributed by atoms with E-state index in [1.165, 1.54) is 19.9 Å². The number of pyridine rings is 1. The highest BCUT2D eigenvalue weighted by Gasteiger charge is 2.16. The van der Waals surface area contributed by atoms with Crippen molar-refractivity contribution in [2.45, 2.75) is 20.0 Å². The molecule has 0 aliphatic rings. The summed E-state index contributed by atoms with van der Waals surface area (Å²) in [6.45, 7) is 2.95. The first-order valence-electron chi connectivity index (χ1n) is 9.09. The third kappa shape index (κ3) is 5.35. The summed E-state index contributed by atoms with van der Waals surface area (Å²) in [5.74, 6) is -1.17. The molecule has 0 radical (unpaired) electrons. The highest BCUT2D eigenvalue weighted by Crippen LogP contribution is 2.13. The number of hydrogen-bond acceptors (Lipinski definition) is 5. The number of para-hydroxylation sites is 1. The number of amides is 1. The predicted octanol–water partition coefficient (Wildman–Crippen LogP) is 4.02. The third-order valence-electron chi connectivity index (χ3n) is 4.23. The van der Waals surface area contributed by atoms with Crippen molar-refractivity contribution in [3.8, 4) is 0 Å². The second-order valence-electron chi connectivity index (χ2n) is 6.46. The van der Waals surface area contributed by atoms with E-state index in [1.807, 2.05) is 30.3 Å². The van der Waals surface area contributed by atoms with Crippen molar-refractivity contribution in [3.05, 3.63) is 78.0 Å². The summed E-state index contributed by atoms with van der Waals surface area (Å²) in [6, 6.07) is 17.9. The predicted molar refractivity (Wildman–Crippen MR) is 111 cm³/mol. The maximum absolute atomic E-state index is 12.2. The Hall–Kier alpha value is -3.80. The van der Waals surface area contributed by atoms with Crippen molar-refractivity contribution in [2.24, 2.45) is 0 Å². The lowest BCUT2D eigenvalue weighted by molar-refractivity contribution is -0.148. The molecule has 29 heavy (non-hydrogen) atoms. The van der Waals surface area contributed by atoms with Crippen molar-refractivity contribution in [2.75, 3.05) is 5.32 Å². The molecule has 0 unspecified atom stereocenters. The normalized spacial score (nSPS) is 11.9. The lowest BCUT2D eigenvalue weighted by Gasteiger charge is -2.12. The first-order chi connectivity index (χ1) is 13.9. The Morgan fingerprint density at radius 1 is 1.00 bits per heavy atom. The Morgan fingerprint density at radius 2 is 1.72 bits per heavy atom. The Kier molecular flexibility index (Phi) is 6.14. The average molecular weight is 388 g/mol. The van der Waals surface area contributed by atoms with Gasteiger partial charge in [-0.3, -0.25) is 9.59 Å². The van der Waals surface area contributed by atoms with Gasteiger partial charge in [0.15, 0.2) is 11.9 Å². The maximum atomic E-state index is 12.2. The van der Waals surface area contributed by atoms with Gasteiger partial charge >= 0.3 is 5.97 Å². The molecular weight excluding hydrogens is 368 g/mol. The van der Waals surface area contributed by atoms with E-state index in [1.54, 1.807) is 36.4 Å². The van der Waals surface area contributed by atoms with E-state index in [-0.39, 0.29) is 5.78 Å². The average Bonchev–Trinajstić information content (AvgIpc) is 2.72. The van der Waals surface area contributed by atoms with Gasteiger partial charge in [-0.25, -0.2) is 9.78 Å². The summed E-state index contributed by atoms with van der Waals surface area (Å²) < 4.78 is 5.14. The van der Waals surface area contributed by atoms with E-state index in [4.69, 9.17) is 4.74 Å². The highest BCUT2D eigenvalue weighted by atomic mass is 16.5. The molecule has 1 heterocycles. The molecule has 0 aliphatic heterocycles. The van der Waals surface area contributed by atoms with Crippen LogP contribution >= 0.6 is 0 Å². The lowest BCUT2D eigenvalue weighted by Crippen LogP contribution is -2.29. The first-order valence-corrected chi connectivity index (χ1v) is 9.09. The number of hydrogen-bond donors (Lipinski definition) is 1. The molecule has 0 bridgehead atoms. The Balaban J connectivity index is 1.56. The second-order valence-corrected chi connectivity index (χ2v) is 6.46. The number of carbonyl (C=O) groups excluding carboxylic acids is 3. The van der Waals surface area contributed by atoms with Crippen LogP contribution in [0.5, 0.6) is 0 Å². The topological polar surface area (TPSA) is 85.4 Å². The van der Waals surface area contributed by atoms with Gasteiger partial charge in [-0.05, 0) is 56.3 Å². The Labute approximate surface area is 168 Å². The molecule has 0 saturated heterocycles. The van der Waals surface area contributed by atoms with Crippen LogP contribution in [0.4, 0.5) is 5.69 Å². The number of carbonyl (C=O) groups is 3. The molecule has 2 aromatic carbocycles. The molecule has 1 amide bonds. The van der Waals surface area contributed by atoms with Crippen LogP contribution in [0.25, 0.3) is 17.0 Å². The molecule has 1 atom stereocenters. The van der Waals surface area contributed by atoms with Gasteiger partial charge in [0.2, 0.25) is 0 Å². The van der Waals surface area contributed by atoms with E-state index in [2.05, 4.69) is 10.3 Å².